The van der Waals surface area contributed by atoms with Crippen LogP contribution in [0, 0.1) is 0 Å². The van der Waals surface area contributed by atoms with Gasteiger partial charge in [-0.1, -0.05) is 54.6 Å². The van der Waals surface area contributed by atoms with Gasteiger partial charge in [-0.05, 0) is 30.7 Å². The Balaban J connectivity index is 1.61. The molecule has 0 aliphatic carbocycles. The van der Waals surface area contributed by atoms with Crippen molar-refractivity contribution < 1.29 is 19.1 Å². The molecule has 34 heavy (non-hydrogen) atoms. The maximum Gasteiger partial charge on any atom is 0.323 e. The molecule has 4 aromatic rings. The van der Waals surface area contributed by atoms with E-state index in [1.807, 2.05) is 73.7 Å². The Kier molecular flexibility index (Phi) is 6.73. The summed E-state index contributed by atoms with van der Waals surface area (Å²) >= 11 is 0. The number of hydrogen-bond acceptors (Lipinski definition) is 5. The number of carbonyl (C=O) groups is 2. The highest BCUT2D eigenvalue weighted by Crippen LogP contribution is 2.30. The first-order valence-corrected chi connectivity index (χ1v) is 10.9. The van der Waals surface area contributed by atoms with Gasteiger partial charge < -0.3 is 19.7 Å². The van der Waals surface area contributed by atoms with Crippen molar-refractivity contribution in [3.8, 4) is 0 Å². The Morgan fingerprint density at radius 1 is 1.06 bits per heavy atom. The number of fused-ring (bicyclic) bond motifs is 3. The minimum Gasteiger partial charge on any atom is -0.480 e. The molecule has 1 atom stereocenters. The fourth-order valence-corrected chi connectivity index (χ4v) is 3.84. The first-order chi connectivity index (χ1) is 16.5. The van der Waals surface area contributed by atoms with E-state index < -0.39 is 5.97 Å². The first-order valence-electron chi connectivity index (χ1n) is 10.9. The van der Waals surface area contributed by atoms with Crippen molar-refractivity contribution in [2.75, 3.05) is 13.6 Å². The zero-order valence-electron chi connectivity index (χ0n) is 18.9. The molecule has 7 nitrogen and oxygen atoms in total. The molecule has 1 aromatic heterocycles. The number of carboxylic acids is 1. The molecule has 3 aromatic carbocycles. The Hall–Kier alpha value is -4.39. The summed E-state index contributed by atoms with van der Waals surface area (Å²) in [5.74, 6) is -0.525. The first kappa shape index (κ1) is 22.8. The van der Waals surface area contributed by atoms with Crippen molar-refractivity contribution in [2.45, 2.75) is 13.0 Å². The molecular formula is C27H25N3O4. The molecule has 1 heterocycles. The van der Waals surface area contributed by atoms with Gasteiger partial charge in [-0.2, -0.15) is 0 Å². The number of furan rings is 1. The third-order valence-electron chi connectivity index (χ3n) is 5.50. The molecule has 0 aliphatic rings. The van der Waals surface area contributed by atoms with Crippen LogP contribution in [0.15, 0.2) is 94.1 Å². The number of hydrogen-bond donors (Lipinski definition) is 2. The van der Waals surface area contributed by atoms with E-state index in [0.717, 1.165) is 33.1 Å². The number of carbonyl (C=O) groups excluding carboxylic acids is 1. The van der Waals surface area contributed by atoms with Crippen LogP contribution in [0.1, 0.15) is 24.1 Å². The summed E-state index contributed by atoms with van der Waals surface area (Å²) in [5.41, 5.74) is 3.65. The molecule has 4 rings (SSSR count). The molecule has 0 saturated carbocycles. The third kappa shape index (κ3) is 4.99. The molecule has 0 saturated heterocycles. The minimum absolute atomic E-state index is 0.179. The molecule has 2 N–H and O–H groups in total. The number of aldehydes is 1. The topological polar surface area (TPSA) is 95.1 Å². The van der Waals surface area contributed by atoms with E-state index >= 15 is 0 Å². The number of nitrogens with zero attached hydrogens (tertiary/aromatic N) is 2. The Morgan fingerprint density at radius 2 is 1.76 bits per heavy atom. The lowest BCUT2D eigenvalue weighted by Gasteiger charge is -2.19. The van der Waals surface area contributed by atoms with E-state index in [0.29, 0.717) is 12.1 Å². The number of rotatable bonds is 8. The lowest BCUT2D eigenvalue weighted by Crippen LogP contribution is -2.32. The molecular weight excluding hydrogens is 430 g/mol. The zero-order valence-corrected chi connectivity index (χ0v) is 18.9. The van der Waals surface area contributed by atoms with E-state index in [9.17, 15) is 14.7 Å². The SMILES string of the molecule is CC(N/C(C=O)=C/N=C(c1ccccc1)N(C)CC(=O)O)c1ccc2oc3ccccc3c2c1. The molecule has 0 fully saturated rings. The molecule has 7 heteroatoms. The van der Waals surface area contributed by atoms with Crippen LogP contribution in [-0.2, 0) is 9.59 Å². The lowest BCUT2D eigenvalue weighted by atomic mass is 10.0. The van der Waals surface area contributed by atoms with Gasteiger partial charge in [0.1, 0.15) is 23.5 Å². The highest BCUT2D eigenvalue weighted by molar-refractivity contribution is 6.05. The monoisotopic (exact) mass is 455 g/mol. The Morgan fingerprint density at radius 3 is 2.50 bits per heavy atom. The van der Waals surface area contributed by atoms with Gasteiger partial charge >= 0.3 is 5.97 Å². The van der Waals surface area contributed by atoms with Crippen LogP contribution in [-0.4, -0.2) is 41.7 Å². The quantitative estimate of drug-likeness (QED) is 0.172. The van der Waals surface area contributed by atoms with Gasteiger partial charge in [-0.15, -0.1) is 0 Å². The summed E-state index contributed by atoms with van der Waals surface area (Å²) in [6, 6.07) is 22.9. The number of amidine groups is 1. The highest BCUT2D eigenvalue weighted by Gasteiger charge is 2.14. The molecule has 1 unspecified atom stereocenters. The molecule has 0 radical (unpaired) electrons. The highest BCUT2D eigenvalue weighted by atomic mass is 16.4. The number of allylic oxidation sites excluding steroid dienone is 1. The van der Waals surface area contributed by atoms with Gasteiger partial charge in [-0.3, -0.25) is 9.59 Å². The van der Waals surface area contributed by atoms with Crippen LogP contribution in [0.5, 0.6) is 0 Å². The van der Waals surface area contributed by atoms with Crippen LogP contribution >= 0.6 is 0 Å². The summed E-state index contributed by atoms with van der Waals surface area (Å²) in [4.78, 5) is 29.0. The van der Waals surface area contributed by atoms with Gasteiger partial charge in [0, 0.05) is 29.4 Å². The van der Waals surface area contributed by atoms with E-state index in [1.165, 1.54) is 11.1 Å². The number of para-hydroxylation sites is 1. The second-order valence-electron chi connectivity index (χ2n) is 7.99. The van der Waals surface area contributed by atoms with E-state index in [1.54, 1.807) is 7.05 Å². The van der Waals surface area contributed by atoms with Crippen molar-refractivity contribution in [3.63, 3.8) is 0 Å². The van der Waals surface area contributed by atoms with Crippen molar-refractivity contribution >= 4 is 40.0 Å². The fraction of sp³-hybridized carbons (Fsp3) is 0.148. The summed E-state index contributed by atoms with van der Waals surface area (Å²) in [5, 5.41) is 14.4. The summed E-state index contributed by atoms with van der Waals surface area (Å²) in [6.07, 6.45) is 2.13. The second kappa shape index (κ2) is 10.0. The predicted molar refractivity (Wildman–Crippen MR) is 133 cm³/mol. The standard InChI is InChI=1S/C27H25N3O4/c1-18(20-12-13-25-23(14-20)22-10-6-7-11-24(22)34-25)29-21(17-31)15-28-27(30(2)16-26(32)33)19-8-4-3-5-9-19/h3-15,17-18,29H,16H2,1-2H3,(H,32,33)/b21-15+,28-27?. The summed E-state index contributed by atoms with van der Waals surface area (Å²) in [7, 11) is 1.65. The minimum atomic E-state index is -0.973. The normalized spacial score (nSPS) is 13.1. The smallest absolute Gasteiger partial charge is 0.323 e. The second-order valence-corrected chi connectivity index (χ2v) is 7.99. The van der Waals surface area contributed by atoms with Crippen LogP contribution in [0.3, 0.4) is 0 Å². The Bertz CT molecular complexity index is 1390. The maximum absolute atomic E-state index is 11.8. The van der Waals surface area contributed by atoms with Crippen molar-refractivity contribution in [1.29, 1.82) is 0 Å². The van der Waals surface area contributed by atoms with Gasteiger partial charge in [-0.25, -0.2) is 4.99 Å². The number of benzene rings is 3. The van der Waals surface area contributed by atoms with Gasteiger partial charge in [0.2, 0.25) is 0 Å². The predicted octanol–water partition coefficient (Wildman–Crippen LogP) is 4.74. The lowest BCUT2D eigenvalue weighted by molar-refractivity contribution is -0.137. The van der Waals surface area contributed by atoms with E-state index in [-0.39, 0.29) is 18.3 Å². The average Bonchev–Trinajstić information content (AvgIpc) is 3.21. The molecule has 0 aliphatic heterocycles. The number of carboxylic acid groups (broad SMARTS) is 1. The van der Waals surface area contributed by atoms with Crippen LogP contribution in [0.2, 0.25) is 0 Å². The van der Waals surface area contributed by atoms with Gasteiger partial charge in [0.05, 0.1) is 11.9 Å². The van der Waals surface area contributed by atoms with E-state index in [4.69, 9.17) is 4.42 Å². The van der Waals surface area contributed by atoms with Crippen LogP contribution in [0.25, 0.3) is 21.9 Å². The van der Waals surface area contributed by atoms with Crippen molar-refractivity contribution in [1.82, 2.24) is 10.2 Å². The zero-order chi connectivity index (χ0) is 24.1. The largest absolute Gasteiger partial charge is 0.480 e. The summed E-state index contributed by atoms with van der Waals surface area (Å²) < 4.78 is 5.89. The number of aliphatic carboxylic acids is 1. The van der Waals surface area contributed by atoms with Gasteiger partial charge in [0.25, 0.3) is 0 Å². The molecule has 0 spiro atoms. The number of nitrogens with one attached hydrogen (secondary N) is 1. The maximum atomic E-state index is 11.8. The van der Waals surface area contributed by atoms with Gasteiger partial charge in [0.15, 0.2) is 6.29 Å². The van der Waals surface area contributed by atoms with Crippen LogP contribution in [0.4, 0.5) is 0 Å². The molecule has 0 amide bonds. The van der Waals surface area contributed by atoms with Crippen molar-refractivity contribution in [2.24, 2.45) is 4.99 Å². The summed E-state index contributed by atoms with van der Waals surface area (Å²) in [6.45, 7) is 1.74. The fourth-order valence-electron chi connectivity index (χ4n) is 3.84. The average molecular weight is 456 g/mol. The number of likely N-dealkylation sites (N-methyl/N-ethyl adjacent to an activating group) is 1. The van der Waals surface area contributed by atoms with E-state index in [2.05, 4.69) is 16.4 Å². The molecule has 172 valence electrons. The third-order valence-corrected chi connectivity index (χ3v) is 5.50. The Labute approximate surface area is 197 Å². The van der Waals surface area contributed by atoms with Crippen molar-refractivity contribution in [3.05, 3.63) is 95.8 Å². The molecule has 0 bridgehead atoms. The van der Waals surface area contributed by atoms with Crippen LogP contribution < -0.4 is 5.32 Å². The number of aliphatic imine (C=N–C) groups is 1.